The van der Waals surface area contributed by atoms with Gasteiger partial charge in [-0.25, -0.2) is 13.1 Å². The maximum atomic E-state index is 13.2. The second-order valence-corrected chi connectivity index (χ2v) is 8.18. The van der Waals surface area contributed by atoms with E-state index in [-0.39, 0.29) is 5.69 Å². The number of hydrogen-bond acceptors (Lipinski definition) is 3. The van der Waals surface area contributed by atoms with Gasteiger partial charge >= 0.3 is 10.2 Å². The van der Waals surface area contributed by atoms with E-state index in [1.807, 2.05) is 0 Å². The predicted molar refractivity (Wildman–Crippen MR) is 99.3 cm³/mol. The molecule has 2 aromatic rings. The molecule has 1 N–H and O–H groups in total. The zero-order valence-corrected chi connectivity index (χ0v) is 16.0. The first kappa shape index (κ1) is 20.8. The number of amides is 1. The van der Waals surface area contributed by atoms with Gasteiger partial charge in [0.15, 0.2) is 0 Å². The van der Waals surface area contributed by atoms with E-state index in [9.17, 15) is 22.0 Å². The first-order valence-electron chi connectivity index (χ1n) is 8.12. The molecule has 2 rings (SSSR count). The summed E-state index contributed by atoms with van der Waals surface area (Å²) in [5.41, 5.74) is 0.836. The quantitative estimate of drug-likeness (QED) is 0.780. The first-order valence-corrected chi connectivity index (χ1v) is 9.51. The topological polar surface area (TPSA) is 69.7 Å². The molecule has 0 aromatic heterocycles. The molecule has 0 heterocycles. The van der Waals surface area contributed by atoms with Crippen LogP contribution in [0.4, 0.5) is 14.5 Å². The second kappa shape index (κ2) is 8.45. The van der Waals surface area contributed by atoms with Gasteiger partial charge in [-0.05, 0) is 48.9 Å². The van der Waals surface area contributed by atoms with Crippen LogP contribution in [0.15, 0.2) is 48.5 Å². The van der Waals surface area contributed by atoms with Gasteiger partial charge < -0.3 is 5.32 Å². The Morgan fingerprint density at radius 1 is 1.00 bits per heavy atom. The molecular formula is C18H21F2N3O3S. The number of nitrogens with zero attached hydrogens (tertiary/aromatic N) is 2. The van der Waals surface area contributed by atoms with Gasteiger partial charge in [0.1, 0.15) is 18.2 Å². The number of hydrogen-bond donors (Lipinski definition) is 1. The van der Waals surface area contributed by atoms with Crippen molar-refractivity contribution in [1.82, 2.24) is 9.62 Å². The maximum Gasteiger partial charge on any atom is 0.304 e. The normalized spacial score (nSPS) is 12.7. The first-order chi connectivity index (χ1) is 12.6. The molecule has 0 spiro atoms. The van der Waals surface area contributed by atoms with Crippen LogP contribution in [0.2, 0.25) is 0 Å². The summed E-state index contributed by atoms with van der Waals surface area (Å²) in [5, 5.41) is 2.68. The number of benzene rings is 2. The van der Waals surface area contributed by atoms with Crippen LogP contribution in [0.3, 0.4) is 0 Å². The molecule has 0 aliphatic carbocycles. The Bertz CT molecular complexity index is 885. The van der Waals surface area contributed by atoms with Crippen molar-refractivity contribution in [3.8, 4) is 0 Å². The fourth-order valence-corrected chi connectivity index (χ4v) is 3.43. The van der Waals surface area contributed by atoms with E-state index in [2.05, 4.69) is 5.32 Å². The summed E-state index contributed by atoms with van der Waals surface area (Å²) in [6.45, 7) is 1.21. The summed E-state index contributed by atoms with van der Waals surface area (Å²) in [6.07, 6.45) is 0. The number of anilines is 1. The van der Waals surface area contributed by atoms with Crippen molar-refractivity contribution < 1.29 is 22.0 Å². The number of rotatable bonds is 7. The smallest absolute Gasteiger partial charge is 0.304 e. The van der Waals surface area contributed by atoms with Crippen molar-refractivity contribution in [2.75, 3.05) is 24.9 Å². The summed E-state index contributed by atoms with van der Waals surface area (Å²) < 4.78 is 53.2. The molecule has 0 fully saturated rings. The molecule has 0 radical (unpaired) electrons. The molecule has 0 unspecified atom stereocenters. The molecule has 27 heavy (non-hydrogen) atoms. The van der Waals surface area contributed by atoms with E-state index >= 15 is 0 Å². The standard InChI is InChI=1S/C18H21F2N3O3S/c1-13(14-4-6-15(19)7-5-14)21-18(24)12-23(27(25,26)22(2)3)17-10-8-16(20)9-11-17/h4-11,13H,12H2,1-3H3,(H,21,24)/t13-/m1/s1. The Labute approximate surface area is 157 Å². The van der Waals surface area contributed by atoms with Crippen LogP contribution in [0.25, 0.3) is 0 Å². The fourth-order valence-electron chi connectivity index (χ4n) is 2.36. The van der Waals surface area contributed by atoms with Crippen LogP contribution in [-0.2, 0) is 15.0 Å². The van der Waals surface area contributed by atoms with Crippen molar-refractivity contribution in [3.05, 3.63) is 65.7 Å². The van der Waals surface area contributed by atoms with E-state index in [1.54, 1.807) is 6.92 Å². The number of nitrogens with one attached hydrogen (secondary N) is 1. The Balaban J connectivity index is 2.20. The fraction of sp³-hybridized carbons (Fsp3) is 0.278. The lowest BCUT2D eigenvalue weighted by atomic mass is 10.1. The molecule has 9 heteroatoms. The monoisotopic (exact) mass is 397 g/mol. The third-order valence-corrected chi connectivity index (χ3v) is 5.71. The summed E-state index contributed by atoms with van der Waals surface area (Å²) in [6, 6.07) is 9.98. The second-order valence-electron chi connectivity index (χ2n) is 6.11. The highest BCUT2D eigenvalue weighted by Crippen LogP contribution is 2.20. The van der Waals surface area contributed by atoms with Gasteiger partial charge in [0, 0.05) is 14.1 Å². The van der Waals surface area contributed by atoms with Crippen molar-refractivity contribution >= 4 is 21.8 Å². The Kier molecular flexibility index (Phi) is 6.50. The highest BCUT2D eigenvalue weighted by molar-refractivity contribution is 7.90. The molecule has 146 valence electrons. The lowest BCUT2D eigenvalue weighted by Gasteiger charge is -2.27. The molecule has 0 bridgehead atoms. The van der Waals surface area contributed by atoms with Crippen LogP contribution in [-0.4, -0.2) is 39.3 Å². The van der Waals surface area contributed by atoms with Gasteiger partial charge in [-0.15, -0.1) is 0 Å². The minimum atomic E-state index is -3.97. The van der Waals surface area contributed by atoms with E-state index in [4.69, 9.17) is 0 Å². The van der Waals surface area contributed by atoms with Crippen LogP contribution < -0.4 is 9.62 Å². The summed E-state index contributed by atoms with van der Waals surface area (Å²) in [4.78, 5) is 12.4. The Morgan fingerprint density at radius 2 is 1.48 bits per heavy atom. The minimum absolute atomic E-state index is 0.162. The molecule has 0 aliphatic rings. The molecule has 0 saturated heterocycles. The van der Waals surface area contributed by atoms with E-state index in [0.717, 1.165) is 20.7 Å². The molecule has 6 nitrogen and oxygen atoms in total. The summed E-state index contributed by atoms with van der Waals surface area (Å²) in [5.74, 6) is -1.46. The number of halogens is 2. The maximum absolute atomic E-state index is 13.2. The van der Waals surface area contributed by atoms with Crippen LogP contribution in [0.5, 0.6) is 0 Å². The van der Waals surface area contributed by atoms with E-state index in [1.165, 1.54) is 50.5 Å². The van der Waals surface area contributed by atoms with Crippen molar-refractivity contribution in [2.45, 2.75) is 13.0 Å². The average molecular weight is 397 g/mol. The van der Waals surface area contributed by atoms with Gasteiger partial charge in [0.05, 0.1) is 11.7 Å². The zero-order valence-electron chi connectivity index (χ0n) is 15.2. The molecule has 0 aliphatic heterocycles. The van der Waals surface area contributed by atoms with Crippen molar-refractivity contribution in [1.29, 1.82) is 0 Å². The third kappa shape index (κ3) is 5.24. The molecule has 1 amide bonds. The van der Waals surface area contributed by atoms with Gasteiger partial charge in [0.2, 0.25) is 5.91 Å². The SMILES string of the molecule is C[C@@H](NC(=O)CN(c1ccc(F)cc1)S(=O)(=O)N(C)C)c1ccc(F)cc1. The zero-order chi connectivity index (χ0) is 20.2. The van der Waals surface area contributed by atoms with E-state index < -0.39 is 40.3 Å². The lowest BCUT2D eigenvalue weighted by Crippen LogP contribution is -2.46. The number of carbonyl (C=O) groups is 1. The Hall–Kier alpha value is -2.52. The largest absolute Gasteiger partial charge is 0.348 e. The molecule has 0 saturated carbocycles. The molecule has 1 atom stereocenters. The average Bonchev–Trinajstić information content (AvgIpc) is 2.60. The number of carbonyl (C=O) groups excluding carboxylic acids is 1. The van der Waals surface area contributed by atoms with Crippen molar-refractivity contribution in [3.63, 3.8) is 0 Å². The van der Waals surface area contributed by atoms with Crippen LogP contribution >= 0.6 is 0 Å². The van der Waals surface area contributed by atoms with Crippen molar-refractivity contribution in [2.24, 2.45) is 0 Å². The lowest BCUT2D eigenvalue weighted by molar-refractivity contribution is -0.120. The summed E-state index contributed by atoms with van der Waals surface area (Å²) >= 11 is 0. The highest BCUT2D eigenvalue weighted by Gasteiger charge is 2.27. The van der Waals surface area contributed by atoms with Gasteiger partial charge in [-0.1, -0.05) is 12.1 Å². The van der Waals surface area contributed by atoms with Crippen LogP contribution in [0.1, 0.15) is 18.5 Å². The molecule has 2 aromatic carbocycles. The van der Waals surface area contributed by atoms with Crippen LogP contribution in [0, 0.1) is 11.6 Å². The van der Waals surface area contributed by atoms with E-state index in [0.29, 0.717) is 5.56 Å². The Morgan fingerprint density at radius 3 is 1.96 bits per heavy atom. The van der Waals surface area contributed by atoms with Gasteiger partial charge in [0.25, 0.3) is 0 Å². The minimum Gasteiger partial charge on any atom is -0.348 e. The van der Waals surface area contributed by atoms with Gasteiger partial charge in [-0.3, -0.25) is 4.79 Å². The summed E-state index contributed by atoms with van der Waals surface area (Å²) in [7, 11) is -1.30. The van der Waals surface area contributed by atoms with Gasteiger partial charge in [-0.2, -0.15) is 12.7 Å². The molecular weight excluding hydrogens is 376 g/mol. The highest BCUT2D eigenvalue weighted by atomic mass is 32.2. The predicted octanol–water partition coefficient (Wildman–Crippen LogP) is 2.46. The third-order valence-electron chi connectivity index (χ3n) is 3.89.